The first-order valence-electron chi connectivity index (χ1n) is 7.34. The van der Waals surface area contributed by atoms with Crippen LogP contribution in [0.2, 0.25) is 0 Å². The highest BCUT2D eigenvalue weighted by molar-refractivity contribution is 5.54. The minimum atomic E-state index is -4.65. The van der Waals surface area contributed by atoms with Gasteiger partial charge in [-0.3, -0.25) is 5.10 Å². The van der Waals surface area contributed by atoms with Gasteiger partial charge in [-0.1, -0.05) is 18.2 Å². The smallest absolute Gasteiger partial charge is 0.255 e. The van der Waals surface area contributed by atoms with E-state index in [1.54, 1.807) is 18.2 Å². The number of nitrogens with zero attached hydrogens (tertiary/aromatic N) is 6. The molecule has 4 aromatic rings. The molecule has 0 fully saturated rings. The van der Waals surface area contributed by atoms with E-state index in [0.29, 0.717) is 16.9 Å². The number of fused-ring (bicyclic) bond motifs is 1. The second kappa shape index (κ2) is 5.86. The molecule has 132 valence electrons. The zero-order chi connectivity index (χ0) is 18.3. The molecule has 3 aromatic heterocycles. The lowest BCUT2D eigenvalue weighted by Gasteiger charge is -2.06. The summed E-state index contributed by atoms with van der Waals surface area (Å²) >= 11 is 0. The standard InChI is InChI=1S/C15H9F4N7/c16-9-4-2-1-3-8(9)5-10-13-20-7-21-26(13)6-11(22-10)12-23-14(25-24-12)15(17,18)19/h1-4,6-7H,5H2,(H,23,24,25). The van der Waals surface area contributed by atoms with Crippen LogP contribution < -0.4 is 0 Å². The van der Waals surface area contributed by atoms with E-state index in [9.17, 15) is 17.6 Å². The zero-order valence-electron chi connectivity index (χ0n) is 12.9. The Morgan fingerprint density at radius 1 is 1.12 bits per heavy atom. The molecular formula is C15H9F4N7. The van der Waals surface area contributed by atoms with E-state index >= 15 is 0 Å². The maximum atomic E-state index is 13.9. The summed E-state index contributed by atoms with van der Waals surface area (Å²) in [5, 5.41) is 9.36. The molecule has 0 aliphatic heterocycles. The van der Waals surface area contributed by atoms with Gasteiger partial charge in [-0.2, -0.15) is 23.4 Å². The summed E-state index contributed by atoms with van der Waals surface area (Å²) in [6, 6.07) is 6.13. The Bertz CT molecular complexity index is 1080. The van der Waals surface area contributed by atoms with Gasteiger partial charge < -0.3 is 0 Å². The number of halogens is 4. The maximum absolute atomic E-state index is 13.9. The number of aromatic nitrogens is 7. The molecule has 0 aliphatic rings. The Morgan fingerprint density at radius 2 is 1.92 bits per heavy atom. The van der Waals surface area contributed by atoms with E-state index in [4.69, 9.17) is 0 Å². The summed E-state index contributed by atoms with van der Waals surface area (Å²) in [5.41, 5.74) is 1.13. The van der Waals surface area contributed by atoms with Crippen molar-refractivity contribution in [2.24, 2.45) is 0 Å². The minimum absolute atomic E-state index is 0.0566. The number of benzene rings is 1. The molecule has 0 atom stereocenters. The average molecular weight is 363 g/mol. The maximum Gasteiger partial charge on any atom is 0.451 e. The number of aromatic amines is 1. The van der Waals surface area contributed by atoms with Gasteiger partial charge in [-0.15, -0.1) is 0 Å². The minimum Gasteiger partial charge on any atom is -0.255 e. The molecule has 1 aromatic carbocycles. The average Bonchev–Trinajstić information content (AvgIpc) is 3.25. The first kappa shape index (κ1) is 16.1. The second-order valence-corrected chi connectivity index (χ2v) is 5.37. The lowest BCUT2D eigenvalue weighted by molar-refractivity contribution is -0.144. The van der Waals surface area contributed by atoms with Gasteiger partial charge >= 0.3 is 6.18 Å². The van der Waals surface area contributed by atoms with Crippen LogP contribution >= 0.6 is 0 Å². The lowest BCUT2D eigenvalue weighted by atomic mass is 10.1. The van der Waals surface area contributed by atoms with Crippen molar-refractivity contribution in [1.29, 1.82) is 0 Å². The molecule has 0 spiro atoms. The third-order valence-corrected chi connectivity index (χ3v) is 3.63. The van der Waals surface area contributed by atoms with Crippen LogP contribution in [0, 0.1) is 5.82 Å². The topological polar surface area (TPSA) is 84.7 Å². The van der Waals surface area contributed by atoms with E-state index in [0.717, 1.165) is 0 Å². The fourth-order valence-corrected chi connectivity index (χ4v) is 2.44. The van der Waals surface area contributed by atoms with Gasteiger partial charge in [0, 0.05) is 6.42 Å². The molecule has 0 saturated carbocycles. The van der Waals surface area contributed by atoms with Gasteiger partial charge in [0.15, 0.2) is 5.65 Å². The van der Waals surface area contributed by atoms with Crippen LogP contribution in [-0.4, -0.2) is 34.8 Å². The molecule has 0 saturated heterocycles. The second-order valence-electron chi connectivity index (χ2n) is 5.37. The highest BCUT2D eigenvalue weighted by Gasteiger charge is 2.35. The first-order valence-corrected chi connectivity index (χ1v) is 7.34. The molecule has 0 bridgehead atoms. The highest BCUT2D eigenvalue weighted by atomic mass is 19.4. The van der Waals surface area contributed by atoms with Crippen molar-refractivity contribution in [1.82, 2.24) is 34.8 Å². The SMILES string of the molecule is Fc1ccccc1Cc1nc(-c2n[nH]c(C(F)(F)F)n2)cn2ncnc12. The fraction of sp³-hybridized carbons (Fsp3) is 0.133. The predicted molar refractivity (Wildman–Crippen MR) is 80.4 cm³/mol. The van der Waals surface area contributed by atoms with Gasteiger partial charge in [0.25, 0.3) is 0 Å². The Labute approximate surface area is 142 Å². The fourth-order valence-electron chi connectivity index (χ4n) is 2.44. The number of hydrogen-bond donors (Lipinski definition) is 1. The Hall–Kier alpha value is -3.37. The Morgan fingerprint density at radius 3 is 2.65 bits per heavy atom. The molecule has 1 N–H and O–H groups in total. The molecule has 0 unspecified atom stereocenters. The summed E-state index contributed by atoms with van der Waals surface area (Å²) in [7, 11) is 0. The monoisotopic (exact) mass is 363 g/mol. The predicted octanol–water partition coefficient (Wildman–Crippen LogP) is 2.66. The van der Waals surface area contributed by atoms with Crippen molar-refractivity contribution in [3.8, 4) is 11.5 Å². The molecule has 7 nitrogen and oxygen atoms in total. The van der Waals surface area contributed by atoms with Crippen molar-refractivity contribution in [2.75, 3.05) is 0 Å². The summed E-state index contributed by atoms with van der Waals surface area (Å²) in [6.07, 6.45) is -1.95. The van der Waals surface area contributed by atoms with E-state index in [-0.39, 0.29) is 17.9 Å². The summed E-state index contributed by atoms with van der Waals surface area (Å²) < 4.78 is 53.4. The van der Waals surface area contributed by atoms with Crippen LogP contribution in [0.25, 0.3) is 17.2 Å². The summed E-state index contributed by atoms with van der Waals surface area (Å²) in [4.78, 5) is 11.8. The van der Waals surface area contributed by atoms with Crippen LogP contribution in [0.1, 0.15) is 17.1 Å². The molecule has 11 heteroatoms. The van der Waals surface area contributed by atoms with Crippen LogP contribution in [0.5, 0.6) is 0 Å². The van der Waals surface area contributed by atoms with Crippen molar-refractivity contribution >= 4 is 5.65 Å². The van der Waals surface area contributed by atoms with Crippen LogP contribution in [0.3, 0.4) is 0 Å². The molecule has 0 amide bonds. The molecule has 0 radical (unpaired) electrons. The number of nitrogens with one attached hydrogen (secondary N) is 1. The molecule has 26 heavy (non-hydrogen) atoms. The number of alkyl halides is 3. The van der Waals surface area contributed by atoms with Crippen molar-refractivity contribution in [3.63, 3.8) is 0 Å². The number of hydrogen-bond acceptors (Lipinski definition) is 5. The molecule has 0 aliphatic carbocycles. The van der Waals surface area contributed by atoms with E-state index in [1.165, 1.54) is 23.1 Å². The third-order valence-electron chi connectivity index (χ3n) is 3.63. The highest BCUT2D eigenvalue weighted by Crippen LogP contribution is 2.27. The van der Waals surface area contributed by atoms with Crippen LogP contribution in [0.15, 0.2) is 36.8 Å². The van der Waals surface area contributed by atoms with Crippen molar-refractivity contribution < 1.29 is 17.6 Å². The van der Waals surface area contributed by atoms with Gasteiger partial charge in [0.2, 0.25) is 11.6 Å². The van der Waals surface area contributed by atoms with Crippen LogP contribution in [0.4, 0.5) is 17.6 Å². The van der Waals surface area contributed by atoms with E-state index in [2.05, 4.69) is 25.1 Å². The molecule has 4 rings (SSSR count). The van der Waals surface area contributed by atoms with Gasteiger partial charge in [-0.25, -0.2) is 23.9 Å². The summed E-state index contributed by atoms with van der Waals surface area (Å²) in [6.45, 7) is 0. The normalized spacial score (nSPS) is 12.0. The number of rotatable bonds is 3. The molecular weight excluding hydrogens is 354 g/mol. The lowest BCUT2D eigenvalue weighted by Crippen LogP contribution is -2.07. The van der Waals surface area contributed by atoms with Crippen LogP contribution in [-0.2, 0) is 12.6 Å². The zero-order valence-corrected chi connectivity index (χ0v) is 12.9. The Kier molecular flexibility index (Phi) is 3.63. The molecule has 3 heterocycles. The Balaban J connectivity index is 1.80. The largest absolute Gasteiger partial charge is 0.451 e. The first-order chi connectivity index (χ1) is 12.4. The van der Waals surface area contributed by atoms with E-state index < -0.39 is 17.8 Å². The number of H-pyrrole nitrogens is 1. The van der Waals surface area contributed by atoms with Gasteiger partial charge in [0.1, 0.15) is 17.8 Å². The summed E-state index contributed by atoms with van der Waals surface area (Å²) in [5.74, 6) is -1.90. The van der Waals surface area contributed by atoms with E-state index in [1.807, 2.05) is 5.10 Å². The third kappa shape index (κ3) is 2.87. The van der Waals surface area contributed by atoms with Gasteiger partial charge in [0.05, 0.1) is 11.9 Å². The quantitative estimate of drug-likeness (QED) is 0.566. The van der Waals surface area contributed by atoms with Crippen molar-refractivity contribution in [3.05, 3.63) is 59.7 Å². The van der Waals surface area contributed by atoms with Gasteiger partial charge in [-0.05, 0) is 11.6 Å². The van der Waals surface area contributed by atoms with Crippen molar-refractivity contribution in [2.45, 2.75) is 12.6 Å².